The van der Waals surface area contributed by atoms with Gasteiger partial charge in [0.1, 0.15) is 5.15 Å². The Morgan fingerprint density at radius 1 is 1.24 bits per heavy atom. The molecule has 1 N–H and O–H groups in total. The summed E-state index contributed by atoms with van der Waals surface area (Å²) in [4.78, 5) is 0. The van der Waals surface area contributed by atoms with Gasteiger partial charge in [-0.25, -0.2) is 4.68 Å². The van der Waals surface area contributed by atoms with Crippen molar-refractivity contribution in [2.45, 2.75) is 13.5 Å². The average molecular weight is 300 g/mol. The molecule has 2 aromatic carbocycles. The Hall–Kier alpha value is -2.33. The summed E-state index contributed by atoms with van der Waals surface area (Å²) in [5.74, 6) is 0. The standard InChI is InChI=1S/C16H14ClN3O/c1-11-15(9-18-21)16(17)20(19-11)10-13-7-4-6-12-5-2-3-8-14(12)13/h2-9,21H,10H2,1H3/b18-9+. The van der Waals surface area contributed by atoms with Crippen LogP contribution in [0.2, 0.25) is 5.15 Å². The second kappa shape index (κ2) is 5.58. The van der Waals surface area contributed by atoms with Gasteiger partial charge in [0.05, 0.1) is 24.0 Å². The summed E-state index contributed by atoms with van der Waals surface area (Å²) in [6.45, 7) is 2.41. The first-order chi connectivity index (χ1) is 10.2. The fourth-order valence-corrected chi connectivity index (χ4v) is 2.75. The largest absolute Gasteiger partial charge is 0.411 e. The fourth-order valence-electron chi connectivity index (χ4n) is 2.47. The van der Waals surface area contributed by atoms with Crippen LogP contribution in [0.15, 0.2) is 47.6 Å². The van der Waals surface area contributed by atoms with Crippen LogP contribution in [-0.4, -0.2) is 21.2 Å². The molecule has 0 aliphatic rings. The van der Waals surface area contributed by atoms with E-state index < -0.39 is 0 Å². The summed E-state index contributed by atoms with van der Waals surface area (Å²) in [5.41, 5.74) is 2.52. The monoisotopic (exact) mass is 299 g/mol. The van der Waals surface area contributed by atoms with Crippen LogP contribution in [0.5, 0.6) is 0 Å². The van der Waals surface area contributed by atoms with Crippen molar-refractivity contribution in [1.29, 1.82) is 0 Å². The molecule has 0 aliphatic heterocycles. The molecule has 0 radical (unpaired) electrons. The van der Waals surface area contributed by atoms with Crippen molar-refractivity contribution in [2.24, 2.45) is 5.16 Å². The second-order valence-electron chi connectivity index (χ2n) is 4.83. The van der Waals surface area contributed by atoms with E-state index in [1.165, 1.54) is 17.0 Å². The lowest BCUT2D eigenvalue weighted by molar-refractivity contribution is 0.322. The van der Waals surface area contributed by atoms with E-state index >= 15 is 0 Å². The first-order valence-electron chi connectivity index (χ1n) is 6.57. The molecule has 0 amide bonds. The molecule has 0 atom stereocenters. The van der Waals surface area contributed by atoms with Crippen LogP contribution >= 0.6 is 11.6 Å². The van der Waals surface area contributed by atoms with Crippen molar-refractivity contribution < 1.29 is 5.21 Å². The first-order valence-corrected chi connectivity index (χ1v) is 6.95. The van der Waals surface area contributed by atoms with Crippen molar-refractivity contribution in [3.63, 3.8) is 0 Å². The minimum absolute atomic E-state index is 0.471. The Labute approximate surface area is 127 Å². The molecule has 0 spiro atoms. The maximum atomic E-state index is 8.68. The topological polar surface area (TPSA) is 50.4 Å². The normalized spacial score (nSPS) is 11.5. The van der Waals surface area contributed by atoms with Gasteiger partial charge in [0.15, 0.2) is 0 Å². The van der Waals surface area contributed by atoms with Gasteiger partial charge >= 0.3 is 0 Å². The third-order valence-corrected chi connectivity index (χ3v) is 3.89. The summed E-state index contributed by atoms with van der Waals surface area (Å²) < 4.78 is 1.72. The third kappa shape index (κ3) is 2.50. The number of oxime groups is 1. The number of fused-ring (bicyclic) bond motifs is 1. The molecule has 3 aromatic rings. The molecular formula is C16H14ClN3O. The summed E-state index contributed by atoms with van der Waals surface area (Å²) >= 11 is 6.31. The minimum Gasteiger partial charge on any atom is -0.411 e. The lowest BCUT2D eigenvalue weighted by Gasteiger charge is -2.07. The van der Waals surface area contributed by atoms with Crippen LogP contribution in [-0.2, 0) is 6.54 Å². The summed E-state index contributed by atoms with van der Waals surface area (Å²) in [7, 11) is 0. The SMILES string of the molecule is Cc1nn(Cc2cccc3ccccc23)c(Cl)c1/C=N/O. The molecule has 0 saturated carbocycles. The number of hydrogen-bond acceptors (Lipinski definition) is 3. The van der Waals surface area contributed by atoms with Crippen LogP contribution in [0.4, 0.5) is 0 Å². The zero-order valence-electron chi connectivity index (χ0n) is 11.5. The highest BCUT2D eigenvalue weighted by Gasteiger charge is 2.13. The Balaban J connectivity index is 2.05. The van der Waals surface area contributed by atoms with Gasteiger partial charge < -0.3 is 5.21 Å². The highest BCUT2D eigenvalue weighted by Crippen LogP contribution is 2.23. The first kappa shape index (κ1) is 13.6. The molecule has 0 fully saturated rings. The van der Waals surface area contributed by atoms with Crippen molar-refractivity contribution >= 4 is 28.6 Å². The summed E-state index contributed by atoms with van der Waals surface area (Å²) in [6.07, 6.45) is 1.31. The van der Waals surface area contributed by atoms with Crippen LogP contribution in [0, 0.1) is 6.92 Å². The maximum Gasteiger partial charge on any atom is 0.136 e. The molecular weight excluding hydrogens is 286 g/mol. The molecule has 0 bridgehead atoms. The Kier molecular flexibility index (Phi) is 3.62. The van der Waals surface area contributed by atoms with Crippen LogP contribution in [0.3, 0.4) is 0 Å². The van der Waals surface area contributed by atoms with E-state index in [1.54, 1.807) is 4.68 Å². The number of benzene rings is 2. The van der Waals surface area contributed by atoms with Gasteiger partial charge in [-0.1, -0.05) is 59.2 Å². The predicted molar refractivity (Wildman–Crippen MR) is 84.4 cm³/mol. The van der Waals surface area contributed by atoms with Gasteiger partial charge in [0, 0.05) is 0 Å². The lowest BCUT2D eigenvalue weighted by atomic mass is 10.0. The minimum atomic E-state index is 0.471. The van der Waals surface area contributed by atoms with Gasteiger partial charge in [-0.2, -0.15) is 5.10 Å². The maximum absolute atomic E-state index is 8.68. The molecule has 0 aliphatic carbocycles. The fraction of sp³-hybridized carbons (Fsp3) is 0.125. The van der Waals surface area contributed by atoms with E-state index in [0.717, 1.165) is 11.3 Å². The van der Waals surface area contributed by atoms with Gasteiger partial charge in [0.2, 0.25) is 0 Å². The van der Waals surface area contributed by atoms with Gasteiger partial charge in [0.25, 0.3) is 0 Å². The second-order valence-corrected chi connectivity index (χ2v) is 5.19. The number of aryl methyl sites for hydroxylation is 1. The van der Waals surface area contributed by atoms with Crippen LogP contribution < -0.4 is 0 Å². The third-order valence-electron chi connectivity index (χ3n) is 3.50. The molecule has 3 rings (SSSR count). The zero-order chi connectivity index (χ0) is 14.8. The van der Waals surface area contributed by atoms with Crippen LogP contribution in [0.1, 0.15) is 16.8 Å². The average Bonchev–Trinajstić information content (AvgIpc) is 2.76. The van der Waals surface area contributed by atoms with Crippen molar-refractivity contribution in [1.82, 2.24) is 9.78 Å². The molecule has 106 valence electrons. The van der Waals surface area contributed by atoms with E-state index in [0.29, 0.717) is 17.3 Å². The van der Waals surface area contributed by atoms with Gasteiger partial charge in [-0.05, 0) is 23.3 Å². The number of halogens is 1. The molecule has 21 heavy (non-hydrogen) atoms. The molecule has 4 nitrogen and oxygen atoms in total. The molecule has 1 heterocycles. The highest BCUT2D eigenvalue weighted by atomic mass is 35.5. The van der Waals surface area contributed by atoms with Gasteiger partial charge in [-0.15, -0.1) is 0 Å². The molecule has 0 saturated heterocycles. The Morgan fingerprint density at radius 2 is 2.00 bits per heavy atom. The van der Waals surface area contributed by atoms with Crippen molar-refractivity contribution in [3.05, 3.63) is 64.4 Å². The van der Waals surface area contributed by atoms with Crippen molar-refractivity contribution in [3.8, 4) is 0 Å². The van der Waals surface area contributed by atoms with Gasteiger partial charge in [-0.3, -0.25) is 0 Å². The van der Waals surface area contributed by atoms with E-state index in [1.807, 2.05) is 25.1 Å². The lowest BCUT2D eigenvalue weighted by Crippen LogP contribution is -2.02. The van der Waals surface area contributed by atoms with Crippen LogP contribution in [0.25, 0.3) is 10.8 Å². The highest BCUT2D eigenvalue weighted by molar-refractivity contribution is 6.32. The Bertz CT molecular complexity index is 818. The molecule has 1 aromatic heterocycles. The molecule has 0 unspecified atom stereocenters. The quantitative estimate of drug-likeness (QED) is 0.453. The number of hydrogen-bond donors (Lipinski definition) is 1. The summed E-state index contributed by atoms with van der Waals surface area (Å²) in [5, 5.41) is 19.0. The molecule has 5 heteroatoms. The van der Waals surface area contributed by atoms with Crippen molar-refractivity contribution in [2.75, 3.05) is 0 Å². The number of aromatic nitrogens is 2. The Morgan fingerprint density at radius 3 is 2.81 bits per heavy atom. The van der Waals surface area contributed by atoms with E-state index in [-0.39, 0.29) is 0 Å². The smallest absolute Gasteiger partial charge is 0.136 e. The van der Waals surface area contributed by atoms with E-state index in [4.69, 9.17) is 16.8 Å². The van der Waals surface area contributed by atoms with E-state index in [2.05, 4.69) is 34.5 Å². The summed E-state index contributed by atoms with van der Waals surface area (Å²) in [6, 6.07) is 14.4. The number of nitrogens with zero attached hydrogens (tertiary/aromatic N) is 3. The number of rotatable bonds is 3. The predicted octanol–water partition coefficient (Wildman–Crippen LogP) is 3.85. The zero-order valence-corrected chi connectivity index (χ0v) is 12.2. The van der Waals surface area contributed by atoms with E-state index in [9.17, 15) is 0 Å².